The van der Waals surface area contributed by atoms with E-state index in [1.807, 2.05) is 6.26 Å². The van der Waals surface area contributed by atoms with Gasteiger partial charge in [-0.3, -0.25) is 0 Å². The van der Waals surface area contributed by atoms with E-state index in [-0.39, 0.29) is 5.56 Å². The molecule has 0 amide bonds. The molecule has 6 nitrogen and oxygen atoms in total. The van der Waals surface area contributed by atoms with Gasteiger partial charge in [-0.05, 0) is 13.2 Å². The first-order valence-corrected chi connectivity index (χ1v) is 6.00. The Morgan fingerprint density at radius 2 is 2.24 bits per heavy atom. The van der Waals surface area contributed by atoms with Gasteiger partial charge < -0.3 is 5.11 Å². The van der Waals surface area contributed by atoms with E-state index in [2.05, 4.69) is 15.1 Å². The highest BCUT2D eigenvalue weighted by Gasteiger charge is 2.14. The molecule has 0 aliphatic rings. The highest BCUT2D eigenvalue weighted by molar-refractivity contribution is 7.98. The molecule has 2 rings (SSSR count). The zero-order valence-corrected chi connectivity index (χ0v) is 10.1. The predicted octanol–water partition coefficient (Wildman–Crippen LogP) is 1.39. The Balaban J connectivity index is 2.49. The average Bonchev–Trinajstić information content (AvgIpc) is 2.71. The molecule has 0 bridgehead atoms. The molecule has 88 valence electrons. The monoisotopic (exact) mass is 250 g/mol. The standard InChI is InChI=1S/C10H10N4O2S/c1-6-7(10(15)16)4-13-14(6)8-3-9(17-2)12-5-11-8/h3-5H,1-2H3,(H,15,16). The molecule has 0 saturated carbocycles. The smallest absolute Gasteiger partial charge is 0.339 e. The summed E-state index contributed by atoms with van der Waals surface area (Å²) < 4.78 is 1.49. The van der Waals surface area contributed by atoms with Gasteiger partial charge in [0.25, 0.3) is 0 Å². The van der Waals surface area contributed by atoms with Crippen LogP contribution in [0.2, 0.25) is 0 Å². The van der Waals surface area contributed by atoms with Crippen molar-refractivity contribution in [3.8, 4) is 5.82 Å². The van der Waals surface area contributed by atoms with E-state index in [0.29, 0.717) is 11.5 Å². The van der Waals surface area contributed by atoms with E-state index in [1.165, 1.54) is 29.0 Å². The summed E-state index contributed by atoms with van der Waals surface area (Å²) in [6.07, 6.45) is 4.66. The summed E-state index contributed by atoms with van der Waals surface area (Å²) in [5.74, 6) is -0.428. The maximum absolute atomic E-state index is 10.9. The normalized spacial score (nSPS) is 10.5. The van der Waals surface area contributed by atoms with Crippen molar-refractivity contribution in [3.63, 3.8) is 0 Å². The molecule has 2 heterocycles. The molecule has 2 aromatic rings. The molecule has 1 N–H and O–H groups in total. The largest absolute Gasteiger partial charge is 0.478 e. The summed E-state index contributed by atoms with van der Waals surface area (Å²) in [5, 5.41) is 13.8. The fourth-order valence-corrected chi connectivity index (χ4v) is 1.78. The molecule has 7 heteroatoms. The molecule has 0 radical (unpaired) electrons. The van der Waals surface area contributed by atoms with Gasteiger partial charge in [0.15, 0.2) is 5.82 Å². The van der Waals surface area contributed by atoms with Crippen molar-refractivity contribution >= 4 is 17.7 Å². The molecule has 0 spiro atoms. The van der Waals surface area contributed by atoms with Crippen molar-refractivity contribution in [2.45, 2.75) is 11.9 Å². The van der Waals surface area contributed by atoms with Gasteiger partial charge in [0.05, 0.1) is 11.9 Å². The third kappa shape index (κ3) is 2.14. The summed E-state index contributed by atoms with van der Waals surface area (Å²) in [4.78, 5) is 19.0. The molecule has 0 fully saturated rings. The first-order valence-electron chi connectivity index (χ1n) is 4.78. The van der Waals surface area contributed by atoms with Gasteiger partial charge in [-0.15, -0.1) is 11.8 Å². The Bertz CT molecular complexity index is 567. The Morgan fingerprint density at radius 3 is 2.82 bits per heavy atom. The Labute approximate surface area is 102 Å². The predicted molar refractivity (Wildman–Crippen MR) is 62.6 cm³/mol. The number of aromatic carboxylic acids is 1. The molecular formula is C10H10N4O2S. The average molecular weight is 250 g/mol. The maximum atomic E-state index is 10.9. The Hall–Kier alpha value is -1.89. The van der Waals surface area contributed by atoms with Crippen LogP contribution in [-0.2, 0) is 0 Å². The number of carboxylic acids is 1. The number of carbonyl (C=O) groups is 1. The van der Waals surface area contributed by atoms with Gasteiger partial charge in [-0.2, -0.15) is 5.10 Å². The Kier molecular flexibility index (Phi) is 3.10. The number of carboxylic acid groups (broad SMARTS) is 1. The molecule has 2 aromatic heterocycles. The van der Waals surface area contributed by atoms with Crippen molar-refractivity contribution < 1.29 is 9.90 Å². The summed E-state index contributed by atoms with van der Waals surface area (Å²) >= 11 is 1.49. The lowest BCUT2D eigenvalue weighted by molar-refractivity contribution is 0.0696. The molecule has 0 unspecified atom stereocenters. The fourth-order valence-electron chi connectivity index (χ4n) is 1.41. The van der Waals surface area contributed by atoms with Crippen LogP contribution < -0.4 is 0 Å². The first-order chi connectivity index (χ1) is 8.13. The summed E-state index contributed by atoms with van der Waals surface area (Å²) in [5.41, 5.74) is 0.720. The third-order valence-electron chi connectivity index (χ3n) is 2.29. The van der Waals surface area contributed by atoms with Crippen molar-refractivity contribution in [2.75, 3.05) is 6.26 Å². The number of nitrogens with zero attached hydrogens (tertiary/aromatic N) is 4. The van der Waals surface area contributed by atoms with Crippen molar-refractivity contribution in [1.29, 1.82) is 0 Å². The van der Waals surface area contributed by atoms with Gasteiger partial charge >= 0.3 is 5.97 Å². The highest BCUT2D eigenvalue weighted by atomic mass is 32.2. The number of hydrogen-bond donors (Lipinski definition) is 1. The first kappa shape index (κ1) is 11.6. The quantitative estimate of drug-likeness (QED) is 0.655. The third-order valence-corrected chi connectivity index (χ3v) is 2.94. The molecule has 0 aliphatic heterocycles. The molecule has 0 atom stereocenters. The highest BCUT2D eigenvalue weighted by Crippen LogP contribution is 2.16. The SMILES string of the molecule is CSc1cc(-n2ncc(C(=O)O)c2C)ncn1. The van der Waals surface area contributed by atoms with Crippen molar-refractivity contribution in [1.82, 2.24) is 19.7 Å². The van der Waals surface area contributed by atoms with Crippen LogP contribution in [0.4, 0.5) is 0 Å². The van der Waals surface area contributed by atoms with Crippen molar-refractivity contribution in [3.05, 3.63) is 29.8 Å². The van der Waals surface area contributed by atoms with Gasteiger partial charge in [-0.1, -0.05) is 0 Å². The van der Waals surface area contributed by atoms with Gasteiger partial charge in [0.2, 0.25) is 0 Å². The fraction of sp³-hybridized carbons (Fsp3) is 0.200. The topological polar surface area (TPSA) is 80.9 Å². The van der Waals surface area contributed by atoms with E-state index >= 15 is 0 Å². The minimum Gasteiger partial charge on any atom is -0.478 e. The second-order valence-electron chi connectivity index (χ2n) is 3.28. The lowest BCUT2D eigenvalue weighted by Crippen LogP contribution is -2.04. The van der Waals surface area contributed by atoms with Crippen LogP contribution in [0.5, 0.6) is 0 Å². The lowest BCUT2D eigenvalue weighted by atomic mass is 10.3. The van der Waals surface area contributed by atoms with Crippen molar-refractivity contribution in [2.24, 2.45) is 0 Å². The van der Waals surface area contributed by atoms with E-state index in [9.17, 15) is 4.79 Å². The van der Waals surface area contributed by atoms with Crippen LogP contribution in [0.1, 0.15) is 16.1 Å². The molecule has 17 heavy (non-hydrogen) atoms. The lowest BCUT2D eigenvalue weighted by Gasteiger charge is -2.04. The minimum atomic E-state index is -0.993. The number of thioether (sulfide) groups is 1. The number of aromatic nitrogens is 4. The van der Waals surface area contributed by atoms with E-state index in [4.69, 9.17) is 5.11 Å². The van der Waals surface area contributed by atoms with Crippen LogP contribution in [0.3, 0.4) is 0 Å². The van der Waals surface area contributed by atoms with Gasteiger partial charge in [0.1, 0.15) is 16.9 Å². The second kappa shape index (κ2) is 4.54. The van der Waals surface area contributed by atoms with Crippen LogP contribution in [0.25, 0.3) is 5.82 Å². The zero-order valence-electron chi connectivity index (χ0n) is 9.28. The van der Waals surface area contributed by atoms with E-state index in [0.717, 1.165) is 5.03 Å². The van der Waals surface area contributed by atoms with Crippen LogP contribution in [0.15, 0.2) is 23.6 Å². The van der Waals surface area contributed by atoms with Gasteiger partial charge in [0, 0.05) is 6.07 Å². The summed E-state index contributed by atoms with van der Waals surface area (Å²) in [6, 6.07) is 1.76. The summed E-state index contributed by atoms with van der Waals surface area (Å²) in [7, 11) is 0. The minimum absolute atomic E-state index is 0.175. The van der Waals surface area contributed by atoms with Crippen LogP contribution >= 0.6 is 11.8 Å². The van der Waals surface area contributed by atoms with Crippen LogP contribution in [0, 0.1) is 6.92 Å². The molecule has 0 aliphatic carbocycles. The van der Waals surface area contributed by atoms with Crippen LogP contribution in [-0.4, -0.2) is 37.1 Å². The number of rotatable bonds is 3. The van der Waals surface area contributed by atoms with E-state index < -0.39 is 5.97 Å². The molecular weight excluding hydrogens is 240 g/mol. The maximum Gasteiger partial charge on any atom is 0.339 e. The Morgan fingerprint density at radius 1 is 1.47 bits per heavy atom. The van der Waals surface area contributed by atoms with E-state index in [1.54, 1.807) is 13.0 Å². The molecule has 0 saturated heterocycles. The number of hydrogen-bond acceptors (Lipinski definition) is 5. The molecule has 0 aromatic carbocycles. The zero-order chi connectivity index (χ0) is 12.4. The van der Waals surface area contributed by atoms with Gasteiger partial charge in [-0.25, -0.2) is 19.4 Å². The summed E-state index contributed by atoms with van der Waals surface area (Å²) in [6.45, 7) is 1.69. The second-order valence-corrected chi connectivity index (χ2v) is 4.11.